The molecule has 0 spiro atoms. The largest absolute Gasteiger partial charge is 0.479 e. The van der Waals surface area contributed by atoms with E-state index in [9.17, 15) is 56.0 Å². The fraction of sp³-hybridized carbons (Fsp3) is 0.522. The van der Waals surface area contributed by atoms with Crippen molar-refractivity contribution in [2.75, 3.05) is 6.54 Å². The van der Waals surface area contributed by atoms with Crippen molar-refractivity contribution in [3.63, 3.8) is 0 Å². The normalized spacial score (nSPS) is 24.7. The molecule has 2 aliphatic heterocycles. The molecular formula is C23H23F6N5O9. The predicted octanol–water partition coefficient (Wildman–Crippen LogP) is -0.324. The van der Waals surface area contributed by atoms with Gasteiger partial charge >= 0.3 is 18.2 Å². The zero-order chi connectivity index (χ0) is 31.8. The summed E-state index contributed by atoms with van der Waals surface area (Å²) in [5.41, 5.74) is -0.497. The summed E-state index contributed by atoms with van der Waals surface area (Å²) in [6, 6.07) is -0.764. The summed E-state index contributed by atoms with van der Waals surface area (Å²) >= 11 is 0. The van der Waals surface area contributed by atoms with Gasteiger partial charge in [-0.3, -0.25) is 4.79 Å². The molecule has 0 radical (unpaired) electrons. The highest BCUT2D eigenvalue weighted by atomic mass is 19.4. The summed E-state index contributed by atoms with van der Waals surface area (Å²) in [6.07, 6.45) is -18.3. The zero-order valence-electron chi connectivity index (χ0n) is 21.5. The van der Waals surface area contributed by atoms with Crippen molar-refractivity contribution < 1.29 is 70.6 Å². The molecular weight excluding hydrogens is 604 g/mol. The number of amides is 2. The van der Waals surface area contributed by atoms with Crippen LogP contribution in [0.3, 0.4) is 0 Å². The van der Waals surface area contributed by atoms with E-state index in [1.165, 1.54) is 0 Å². The molecule has 2 aliphatic rings. The molecule has 2 aromatic rings. The summed E-state index contributed by atoms with van der Waals surface area (Å²) in [5, 5.41) is 47.5. The lowest BCUT2D eigenvalue weighted by Gasteiger charge is -2.38. The van der Waals surface area contributed by atoms with Crippen LogP contribution in [0.25, 0.3) is 0 Å². The first kappa shape index (κ1) is 31.9. The van der Waals surface area contributed by atoms with Gasteiger partial charge in [-0.2, -0.15) is 13.2 Å². The number of hydrogen-bond donors (Lipinski definition) is 5. The van der Waals surface area contributed by atoms with Gasteiger partial charge in [0.15, 0.2) is 23.6 Å². The maximum atomic E-state index is 14.4. The molecule has 236 valence electrons. The van der Waals surface area contributed by atoms with Gasteiger partial charge in [-0.1, -0.05) is 0 Å². The number of alkyl halides is 3. The van der Waals surface area contributed by atoms with Crippen molar-refractivity contribution in [1.82, 2.24) is 25.0 Å². The number of carbonyl (C=O) groups is 3. The van der Waals surface area contributed by atoms with E-state index in [0.29, 0.717) is 6.07 Å². The summed E-state index contributed by atoms with van der Waals surface area (Å²) < 4.78 is 91.4. The highest BCUT2D eigenvalue weighted by molar-refractivity contribution is 5.78. The summed E-state index contributed by atoms with van der Waals surface area (Å²) in [4.78, 5) is 38.1. The van der Waals surface area contributed by atoms with Crippen molar-refractivity contribution >= 4 is 18.0 Å². The Morgan fingerprint density at radius 3 is 2.35 bits per heavy atom. The molecule has 5 N–H and O–H groups in total. The fourth-order valence-corrected chi connectivity index (χ4v) is 4.54. The van der Waals surface area contributed by atoms with Crippen LogP contribution in [0.1, 0.15) is 23.6 Å². The monoisotopic (exact) mass is 627 g/mol. The van der Waals surface area contributed by atoms with Crippen molar-refractivity contribution in [1.29, 1.82) is 0 Å². The minimum atomic E-state index is -4.80. The van der Waals surface area contributed by atoms with Crippen LogP contribution in [0.2, 0.25) is 0 Å². The van der Waals surface area contributed by atoms with Crippen LogP contribution in [-0.4, -0.2) is 101 Å². The number of carboxylic acid groups (broad SMARTS) is 1. The summed E-state index contributed by atoms with van der Waals surface area (Å²) in [7, 11) is 0. The Balaban J connectivity index is 1.50. The molecule has 3 heterocycles. The molecule has 2 amide bonds. The van der Waals surface area contributed by atoms with Gasteiger partial charge in [-0.05, 0) is 18.1 Å². The molecule has 4 rings (SSSR count). The minimum absolute atomic E-state index is 0.195. The number of nitrogens with one attached hydrogen (secondary N) is 1. The number of ether oxygens (including phenoxy) is 2. The third kappa shape index (κ3) is 6.98. The first-order valence-electron chi connectivity index (χ1n) is 12.4. The lowest BCUT2D eigenvalue weighted by Crippen LogP contribution is -2.61. The minimum Gasteiger partial charge on any atom is -0.479 e. The molecule has 14 nitrogen and oxygen atoms in total. The number of aliphatic carboxylic acids is 1. The van der Waals surface area contributed by atoms with E-state index < -0.39 is 109 Å². The Labute approximate surface area is 236 Å². The second-order valence-electron chi connectivity index (χ2n) is 9.65. The Morgan fingerprint density at radius 2 is 1.70 bits per heavy atom. The first-order chi connectivity index (χ1) is 20.1. The topological polar surface area (TPSA) is 197 Å². The fourth-order valence-electron chi connectivity index (χ4n) is 4.54. The number of hydrogen-bond acceptors (Lipinski definition) is 10. The van der Waals surface area contributed by atoms with Crippen LogP contribution < -0.4 is 5.32 Å². The van der Waals surface area contributed by atoms with Gasteiger partial charge in [0, 0.05) is 31.6 Å². The standard InChI is InChI=1S/C23H23F6N5O9/c24-10-6-12(26)11(25)4-8(10)3-9(30-22(41)43-20-17(38)15(36)16(37)18(42-20)19(39)40)5-14(35)33-1-2-34-13(7-33)31-32-21(34)23(27,28)29/h4,6,9,15-18,20,36-38H,1-3,5,7H2,(H,30,41)(H,39,40). The molecule has 6 atom stereocenters. The highest BCUT2D eigenvalue weighted by Gasteiger charge is 2.49. The van der Waals surface area contributed by atoms with Crippen LogP contribution in [-0.2, 0) is 44.7 Å². The van der Waals surface area contributed by atoms with E-state index in [1.807, 2.05) is 0 Å². The van der Waals surface area contributed by atoms with Crippen molar-refractivity contribution in [3.8, 4) is 0 Å². The smallest absolute Gasteiger partial charge is 0.451 e. The molecule has 0 aliphatic carbocycles. The van der Waals surface area contributed by atoms with Gasteiger partial charge in [0.2, 0.25) is 18.0 Å². The number of nitrogens with zero attached hydrogens (tertiary/aromatic N) is 4. The molecule has 43 heavy (non-hydrogen) atoms. The van der Waals surface area contributed by atoms with Crippen molar-refractivity contribution in [3.05, 3.63) is 46.8 Å². The average molecular weight is 627 g/mol. The van der Waals surface area contributed by atoms with E-state index in [0.717, 1.165) is 9.47 Å². The third-order valence-corrected chi connectivity index (χ3v) is 6.69. The number of aromatic nitrogens is 3. The number of aliphatic hydroxyl groups is 3. The lowest BCUT2D eigenvalue weighted by atomic mass is 9.99. The average Bonchev–Trinajstić information content (AvgIpc) is 3.36. The molecule has 1 aromatic heterocycles. The van der Waals surface area contributed by atoms with Crippen LogP contribution in [0.15, 0.2) is 12.1 Å². The lowest BCUT2D eigenvalue weighted by molar-refractivity contribution is -0.278. The number of aliphatic hydroxyl groups excluding tert-OH is 3. The molecule has 1 fully saturated rings. The maximum absolute atomic E-state index is 14.4. The van der Waals surface area contributed by atoms with Gasteiger partial charge < -0.3 is 44.7 Å². The van der Waals surface area contributed by atoms with Crippen molar-refractivity contribution in [2.45, 2.75) is 68.9 Å². The Morgan fingerprint density at radius 1 is 1.02 bits per heavy atom. The van der Waals surface area contributed by atoms with Crippen LogP contribution in [0.5, 0.6) is 0 Å². The Hall–Kier alpha value is -4.01. The van der Waals surface area contributed by atoms with E-state index in [2.05, 4.69) is 15.5 Å². The Bertz CT molecular complexity index is 1390. The van der Waals surface area contributed by atoms with Crippen LogP contribution in [0, 0.1) is 17.5 Å². The van der Waals surface area contributed by atoms with E-state index in [-0.39, 0.29) is 25.0 Å². The zero-order valence-corrected chi connectivity index (χ0v) is 21.5. The second kappa shape index (κ2) is 12.3. The van der Waals surface area contributed by atoms with E-state index in [1.54, 1.807) is 0 Å². The first-order valence-corrected chi connectivity index (χ1v) is 12.4. The molecule has 6 unspecified atom stereocenters. The maximum Gasteiger partial charge on any atom is 0.451 e. The third-order valence-electron chi connectivity index (χ3n) is 6.69. The number of carboxylic acids is 1. The molecule has 1 saturated heterocycles. The SMILES string of the molecule is O=C(NC(CC(=O)N1CCn2c(nnc2C(F)(F)F)C1)Cc1cc(F)c(F)cc1F)OC1OC(C(=O)O)C(O)C(O)C1O. The van der Waals surface area contributed by atoms with Gasteiger partial charge in [0.25, 0.3) is 0 Å². The Kier molecular flexibility index (Phi) is 9.13. The van der Waals surface area contributed by atoms with Gasteiger partial charge in [-0.15, -0.1) is 10.2 Å². The van der Waals surface area contributed by atoms with Crippen LogP contribution in [0.4, 0.5) is 31.1 Å². The van der Waals surface area contributed by atoms with E-state index in [4.69, 9.17) is 14.6 Å². The van der Waals surface area contributed by atoms with Crippen molar-refractivity contribution in [2.24, 2.45) is 0 Å². The van der Waals surface area contributed by atoms with Crippen LogP contribution >= 0.6 is 0 Å². The van der Waals surface area contributed by atoms with Gasteiger partial charge in [-0.25, -0.2) is 22.8 Å². The van der Waals surface area contributed by atoms with E-state index >= 15 is 0 Å². The number of rotatable bonds is 7. The number of alkyl carbamates (subject to hydrolysis) is 1. The molecule has 1 aromatic carbocycles. The number of carbonyl (C=O) groups excluding carboxylic acids is 2. The molecule has 20 heteroatoms. The van der Waals surface area contributed by atoms with Gasteiger partial charge in [0.1, 0.15) is 24.1 Å². The number of halogens is 6. The highest BCUT2D eigenvalue weighted by Crippen LogP contribution is 2.30. The van der Waals surface area contributed by atoms with Gasteiger partial charge in [0.05, 0.1) is 6.54 Å². The molecule has 0 saturated carbocycles. The summed E-state index contributed by atoms with van der Waals surface area (Å²) in [5.74, 6) is -8.25. The number of fused-ring (bicyclic) bond motifs is 1. The number of benzene rings is 1. The second-order valence-corrected chi connectivity index (χ2v) is 9.65. The summed E-state index contributed by atoms with van der Waals surface area (Å²) in [6.45, 7) is -1.00. The molecule has 0 bridgehead atoms. The quantitative estimate of drug-likeness (QED) is 0.199. The predicted molar refractivity (Wildman–Crippen MR) is 123 cm³/mol.